The third kappa shape index (κ3) is 4.42. The first-order valence-corrected chi connectivity index (χ1v) is 8.53. The van der Waals surface area contributed by atoms with Gasteiger partial charge in [0.05, 0.1) is 24.0 Å². The maximum atomic E-state index is 12.9. The van der Waals surface area contributed by atoms with E-state index >= 15 is 0 Å². The van der Waals surface area contributed by atoms with E-state index in [9.17, 15) is 18.0 Å². The SMILES string of the molecule is CNC1CN(c2ccc(-c3cccc(C(F)(F)F)c3)nn2)CCN1CC=O. The van der Waals surface area contributed by atoms with Crippen molar-refractivity contribution < 1.29 is 18.0 Å². The summed E-state index contributed by atoms with van der Waals surface area (Å²) in [5.41, 5.74) is 0.0384. The summed E-state index contributed by atoms with van der Waals surface area (Å²) in [7, 11) is 1.83. The number of nitrogens with one attached hydrogen (secondary N) is 1. The van der Waals surface area contributed by atoms with Gasteiger partial charge in [-0.3, -0.25) is 4.90 Å². The van der Waals surface area contributed by atoms with E-state index in [1.165, 1.54) is 6.07 Å². The second-order valence-corrected chi connectivity index (χ2v) is 6.27. The van der Waals surface area contributed by atoms with Crippen molar-refractivity contribution in [1.82, 2.24) is 20.4 Å². The zero-order valence-electron chi connectivity index (χ0n) is 14.8. The Labute approximate surface area is 155 Å². The molecule has 1 aromatic carbocycles. The van der Waals surface area contributed by atoms with Crippen LogP contribution in [0.4, 0.5) is 19.0 Å². The van der Waals surface area contributed by atoms with Crippen molar-refractivity contribution in [2.24, 2.45) is 0 Å². The molecule has 1 unspecified atom stereocenters. The standard InChI is InChI=1S/C18H20F3N5O/c1-22-17-12-26(8-7-25(17)9-10-27)16-6-5-15(23-24-16)13-3-2-4-14(11-13)18(19,20)21/h2-6,10-11,17,22H,7-9,12H2,1H3. The second-order valence-electron chi connectivity index (χ2n) is 6.27. The molecule has 6 nitrogen and oxygen atoms in total. The second kappa shape index (κ2) is 8.01. The molecule has 0 bridgehead atoms. The molecule has 0 saturated carbocycles. The normalized spacial score (nSPS) is 18.5. The summed E-state index contributed by atoms with van der Waals surface area (Å²) >= 11 is 0. The van der Waals surface area contributed by atoms with Crippen LogP contribution in [-0.4, -0.2) is 60.8 Å². The molecule has 0 aliphatic carbocycles. The number of benzene rings is 1. The number of alkyl halides is 3. The van der Waals surface area contributed by atoms with Crippen LogP contribution >= 0.6 is 0 Å². The molecule has 1 atom stereocenters. The molecule has 144 valence electrons. The monoisotopic (exact) mass is 379 g/mol. The molecule has 27 heavy (non-hydrogen) atoms. The molecular weight excluding hydrogens is 359 g/mol. The van der Waals surface area contributed by atoms with E-state index in [-0.39, 0.29) is 6.17 Å². The number of carbonyl (C=O) groups is 1. The van der Waals surface area contributed by atoms with Gasteiger partial charge in [0.15, 0.2) is 5.82 Å². The summed E-state index contributed by atoms with van der Waals surface area (Å²) in [6, 6.07) is 8.46. The average molecular weight is 379 g/mol. The fourth-order valence-corrected chi connectivity index (χ4v) is 3.12. The van der Waals surface area contributed by atoms with E-state index in [4.69, 9.17) is 0 Å². The van der Waals surface area contributed by atoms with Gasteiger partial charge in [-0.05, 0) is 31.3 Å². The molecule has 1 aliphatic rings. The van der Waals surface area contributed by atoms with Gasteiger partial charge in [-0.2, -0.15) is 13.2 Å². The van der Waals surface area contributed by atoms with Gasteiger partial charge >= 0.3 is 6.18 Å². The lowest BCUT2D eigenvalue weighted by Crippen LogP contribution is -2.58. The van der Waals surface area contributed by atoms with Gasteiger partial charge in [-0.25, -0.2) is 0 Å². The highest BCUT2D eigenvalue weighted by atomic mass is 19.4. The van der Waals surface area contributed by atoms with Crippen LogP contribution in [0, 0.1) is 0 Å². The van der Waals surface area contributed by atoms with Gasteiger partial charge in [0.1, 0.15) is 6.29 Å². The lowest BCUT2D eigenvalue weighted by molar-refractivity contribution is -0.137. The van der Waals surface area contributed by atoms with Crippen LogP contribution in [0.5, 0.6) is 0 Å². The van der Waals surface area contributed by atoms with Crippen LogP contribution in [0.15, 0.2) is 36.4 Å². The average Bonchev–Trinajstić information content (AvgIpc) is 2.68. The molecule has 2 aromatic rings. The van der Waals surface area contributed by atoms with E-state index in [1.807, 2.05) is 16.8 Å². The van der Waals surface area contributed by atoms with Crippen LogP contribution in [0.3, 0.4) is 0 Å². The Hall–Kier alpha value is -2.52. The van der Waals surface area contributed by atoms with Crippen molar-refractivity contribution in [3.63, 3.8) is 0 Å². The fraction of sp³-hybridized carbons (Fsp3) is 0.389. The molecule has 1 saturated heterocycles. The summed E-state index contributed by atoms with van der Waals surface area (Å²) < 4.78 is 38.6. The number of anilines is 1. The van der Waals surface area contributed by atoms with Gasteiger partial charge in [-0.15, -0.1) is 10.2 Å². The van der Waals surface area contributed by atoms with Gasteiger partial charge in [-0.1, -0.05) is 12.1 Å². The summed E-state index contributed by atoms with van der Waals surface area (Å²) in [6.45, 7) is 2.37. The van der Waals surface area contributed by atoms with Crippen molar-refractivity contribution in [2.45, 2.75) is 12.3 Å². The van der Waals surface area contributed by atoms with Crippen molar-refractivity contribution in [1.29, 1.82) is 0 Å². The topological polar surface area (TPSA) is 61.4 Å². The molecule has 0 amide bonds. The number of likely N-dealkylation sites (N-methyl/N-ethyl adjacent to an activating group) is 1. The third-order valence-corrected chi connectivity index (χ3v) is 4.59. The van der Waals surface area contributed by atoms with E-state index in [0.717, 1.165) is 18.4 Å². The third-order valence-electron chi connectivity index (χ3n) is 4.59. The maximum absolute atomic E-state index is 12.9. The minimum atomic E-state index is -4.40. The van der Waals surface area contributed by atoms with E-state index < -0.39 is 11.7 Å². The summed E-state index contributed by atoms with van der Waals surface area (Å²) in [4.78, 5) is 14.8. The van der Waals surface area contributed by atoms with Crippen LogP contribution in [0.1, 0.15) is 5.56 Å². The van der Waals surface area contributed by atoms with Crippen molar-refractivity contribution in [2.75, 3.05) is 38.1 Å². The van der Waals surface area contributed by atoms with Crippen LogP contribution in [0.2, 0.25) is 0 Å². The predicted molar refractivity (Wildman–Crippen MR) is 95.2 cm³/mol. The highest BCUT2D eigenvalue weighted by Crippen LogP contribution is 2.31. The quantitative estimate of drug-likeness (QED) is 0.803. The molecule has 1 N–H and O–H groups in total. The number of hydrogen-bond acceptors (Lipinski definition) is 6. The van der Waals surface area contributed by atoms with Crippen molar-refractivity contribution >= 4 is 12.1 Å². The summed E-state index contributed by atoms with van der Waals surface area (Å²) in [6.07, 6.45) is -3.51. The van der Waals surface area contributed by atoms with Gasteiger partial charge < -0.3 is 15.0 Å². The highest BCUT2D eigenvalue weighted by molar-refractivity contribution is 5.61. The maximum Gasteiger partial charge on any atom is 0.416 e. The zero-order chi connectivity index (χ0) is 19.4. The molecule has 3 rings (SSSR count). The Bertz CT molecular complexity index is 781. The largest absolute Gasteiger partial charge is 0.416 e. The smallest absolute Gasteiger partial charge is 0.351 e. The Morgan fingerprint density at radius 1 is 1.22 bits per heavy atom. The Kier molecular flexibility index (Phi) is 5.71. The summed E-state index contributed by atoms with van der Waals surface area (Å²) in [5.74, 6) is 0.650. The minimum absolute atomic E-state index is 0.00823. The predicted octanol–water partition coefficient (Wildman–Crippen LogP) is 2.03. The number of aromatic nitrogens is 2. The Morgan fingerprint density at radius 3 is 2.67 bits per heavy atom. The minimum Gasteiger partial charge on any atom is -0.351 e. The molecule has 9 heteroatoms. The van der Waals surface area contributed by atoms with Gasteiger partial charge in [0.2, 0.25) is 0 Å². The first-order chi connectivity index (χ1) is 12.9. The first-order valence-electron chi connectivity index (χ1n) is 8.53. The van der Waals surface area contributed by atoms with Gasteiger partial charge in [0, 0.05) is 25.2 Å². The number of carbonyl (C=O) groups excluding carboxylic acids is 1. The number of aldehydes is 1. The van der Waals surface area contributed by atoms with Crippen LogP contribution in [-0.2, 0) is 11.0 Å². The molecule has 1 aromatic heterocycles. The summed E-state index contributed by atoms with van der Waals surface area (Å²) in [5, 5.41) is 11.5. The molecule has 1 fully saturated rings. The highest BCUT2D eigenvalue weighted by Gasteiger charge is 2.30. The molecular formula is C18H20F3N5O. The molecule has 0 spiro atoms. The number of piperazine rings is 1. The van der Waals surface area contributed by atoms with Crippen molar-refractivity contribution in [3.8, 4) is 11.3 Å². The lowest BCUT2D eigenvalue weighted by atomic mass is 10.1. The Morgan fingerprint density at radius 2 is 2.04 bits per heavy atom. The van der Waals surface area contributed by atoms with E-state index in [2.05, 4.69) is 15.5 Å². The number of hydrogen-bond donors (Lipinski definition) is 1. The van der Waals surface area contributed by atoms with E-state index in [0.29, 0.717) is 43.3 Å². The molecule has 0 radical (unpaired) electrons. The van der Waals surface area contributed by atoms with Crippen LogP contribution < -0.4 is 10.2 Å². The first kappa shape index (κ1) is 19.2. The number of nitrogens with zero attached hydrogens (tertiary/aromatic N) is 4. The van der Waals surface area contributed by atoms with E-state index in [1.54, 1.807) is 18.2 Å². The van der Waals surface area contributed by atoms with Crippen LogP contribution in [0.25, 0.3) is 11.3 Å². The zero-order valence-corrected chi connectivity index (χ0v) is 14.8. The van der Waals surface area contributed by atoms with Crippen molar-refractivity contribution in [3.05, 3.63) is 42.0 Å². The molecule has 1 aliphatic heterocycles. The fourth-order valence-electron chi connectivity index (χ4n) is 3.12. The number of halogens is 3. The number of rotatable bonds is 5. The Balaban J connectivity index is 1.75. The van der Waals surface area contributed by atoms with Gasteiger partial charge in [0.25, 0.3) is 0 Å². The molecule has 2 heterocycles. The lowest BCUT2D eigenvalue weighted by Gasteiger charge is -2.40.